The lowest BCUT2D eigenvalue weighted by atomic mass is 10.0. The first-order chi connectivity index (χ1) is 8.61. The summed E-state index contributed by atoms with van der Waals surface area (Å²) < 4.78 is 1.14. The van der Waals surface area contributed by atoms with Crippen LogP contribution in [0.2, 0.25) is 0 Å². The van der Waals surface area contributed by atoms with E-state index in [2.05, 4.69) is 58.0 Å². The molecule has 0 aromatic heterocycles. The van der Waals surface area contributed by atoms with Gasteiger partial charge in [0.25, 0.3) is 0 Å². The maximum absolute atomic E-state index is 5.86. The molecule has 1 atom stereocenters. The van der Waals surface area contributed by atoms with Gasteiger partial charge >= 0.3 is 0 Å². The molecule has 0 amide bonds. The van der Waals surface area contributed by atoms with Crippen LogP contribution in [0.25, 0.3) is 0 Å². The van der Waals surface area contributed by atoms with Gasteiger partial charge in [-0.2, -0.15) is 0 Å². The summed E-state index contributed by atoms with van der Waals surface area (Å²) in [5.74, 6) is 0.564. The molecule has 0 spiro atoms. The van der Waals surface area contributed by atoms with Crippen LogP contribution in [0.5, 0.6) is 0 Å². The molecular formula is C14H20BrClN2. The number of hydrogen-bond donors (Lipinski definition) is 0. The predicted molar refractivity (Wildman–Crippen MR) is 82.6 cm³/mol. The van der Waals surface area contributed by atoms with Gasteiger partial charge in [0.05, 0.1) is 5.69 Å². The zero-order valence-corrected chi connectivity index (χ0v) is 13.3. The fraction of sp³-hybridized carbons (Fsp3) is 0.571. The van der Waals surface area contributed by atoms with Crippen molar-refractivity contribution in [3.8, 4) is 0 Å². The summed E-state index contributed by atoms with van der Waals surface area (Å²) in [7, 11) is 4.38. The van der Waals surface area contributed by atoms with Gasteiger partial charge in [-0.15, -0.1) is 11.6 Å². The van der Waals surface area contributed by atoms with Gasteiger partial charge < -0.3 is 9.80 Å². The van der Waals surface area contributed by atoms with Gasteiger partial charge in [0, 0.05) is 30.0 Å². The molecule has 0 bridgehead atoms. The number of likely N-dealkylation sites (tertiary alicyclic amines) is 1. The van der Waals surface area contributed by atoms with Gasteiger partial charge in [-0.3, -0.25) is 0 Å². The van der Waals surface area contributed by atoms with Crippen molar-refractivity contribution >= 4 is 33.2 Å². The Kier molecular flexibility index (Phi) is 4.93. The van der Waals surface area contributed by atoms with Crippen molar-refractivity contribution in [2.24, 2.45) is 0 Å². The van der Waals surface area contributed by atoms with Gasteiger partial charge in [-0.1, -0.05) is 6.07 Å². The highest BCUT2D eigenvalue weighted by Crippen LogP contribution is 2.30. The van der Waals surface area contributed by atoms with Crippen LogP contribution >= 0.6 is 27.5 Å². The molecule has 1 aliphatic rings. The zero-order chi connectivity index (χ0) is 13.1. The van der Waals surface area contributed by atoms with Gasteiger partial charge in [0.1, 0.15) is 0 Å². The molecule has 1 heterocycles. The minimum Gasteiger partial charge on any atom is -0.369 e. The van der Waals surface area contributed by atoms with Crippen LogP contribution in [0, 0.1) is 0 Å². The Hall–Kier alpha value is -0.250. The second-order valence-corrected chi connectivity index (χ2v) is 6.21. The molecule has 1 aromatic carbocycles. The molecule has 0 N–H and O–H groups in total. The van der Waals surface area contributed by atoms with E-state index < -0.39 is 0 Å². The summed E-state index contributed by atoms with van der Waals surface area (Å²) in [6.07, 6.45) is 2.55. The van der Waals surface area contributed by atoms with Crippen molar-refractivity contribution in [2.45, 2.75) is 24.8 Å². The maximum Gasteiger partial charge on any atom is 0.0511 e. The summed E-state index contributed by atoms with van der Waals surface area (Å²) in [6, 6.07) is 6.99. The molecule has 1 aliphatic heterocycles. The summed E-state index contributed by atoms with van der Waals surface area (Å²) >= 11 is 9.51. The second kappa shape index (κ2) is 6.27. The molecule has 1 unspecified atom stereocenters. The molecule has 1 aromatic rings. The van der Waals surface area contributed by atoms with E-state index in [9.17, 15) is 0 Å². The molecule has 4 heteroatoms. The number of anilines is 1. The summed E-state index contributed by atoms with van der Waals surface area (Å²) in [5.41, 5.74) is 2.41. The average Bonchev–Trinajstić information content (AvgIpc) is 2.37. The average molecular weight is 332 g/mol. The van der Waals surface area contributed by atoms with Crippen LogP contribution in [0.4, 0.5) is 5.69 Å². The first-order valence-electron chi connectivity index (χ1n) is 6.37. The third-order valence-electron chi connectivity index (χ3n) is 3.69. The fourth-order valence-corrected chi connectivity index (χ4v) is 3.44. The standard InChI is InChI=1S/C14H20BrClN2/c1-17-7-3-4-12(10-17)18(2)14-6-5-11(9-16)8-13(14)15/h5-6,8,12H,3-4,7,9-10H2,1-2H3. The van der Waals surface area contributed by atoms with E-state index in [1.54, 1.807) is 0 Å². The molecular weight excluding hydrogens is 312 g/mol. The third-order valence-corrected chi connectivity index (χ3v) is 4.64. The van der Waals surface area contributed by atoms with Crippen molar-refractivity contribution in [3.63, 3.8) is 0 Å². The van der Waals surface area contributed by atoms with E-state index in [0.717, 1.165) is 16.6 Å². The molecule has 2 rings (SSSR count). The number of rotatable bonds is 3. The normalized spacial score (nSPS) is 21.0. The lowest BCUT2D eigenvalue weighted by Gasteiger charge is -2.37. The minimum atomic E-state index is 0.564. The van der Waals surface area contributed by atoms with Gasteiger partial charge in [0.2, 0.25) is 0 Å². The number of hydrogen-bond acceptors (Lipinski definition) is 2. The SMILES string of the molecule is CN1CCCC(N(C)c2ccc(CCl)cc2Br)C1. The first-order valence-corrected chi connectivity index (χ1v) is 7.70. The Bertz CT molecular complexity index is 411. The first kappa shape index (κ1) is 14.2. The predicted octanol–water partition coefficient (Wildman–Crippen LogP) is 3.72. The molecule has 0 saturated carbocycles. The summed E-state index contributed by atoms with van der Waals surface area (Å²) in [5, 5.41) is 0. The number of alkyl halides is 1. The highest BCUT2D eigenvalue weighted by Gasteiger charge is 2.22. The Labute approximate surface area is 123 Å². The van der Waals surface area contributed by atoms with E-state index in [-0.39, 0.29) is 0 Å². The van der Waals surface area contributed by atoms with E-state index in [0.29, 0.717) is 11.9 Å². The van der Waals surface area contributed by atoms with Crippen LogP contribution in [0.1, 0.15) is 18.4 Å². The van der Waals surface area contributed by atoms with Crippen LogP contribution in [0.15, 0.2) is 22.7 Å². The molecule has 0 aliphatic carbocycles. The maximum atomic E-state index is 5.86. The van der Waals surface area contributed by atoms with Gasteiger partial charge in [-0.25, -0.2) is 0 Å². The van der Waals surface area contributed by atoms with E-state index in [4.69, 9.17) is 11.6 Å². The molecule has 18 heavy (non-hydrogen) atoms. The molecule has 2 nitrogen and oxygen atoms in total. The molecule has 0 radical (unpaired) electrons. The topological polar surface area (TPSA) is 6.48 Å². The Morgan fingerprint density at radius 1 is 1.50 bits per heavy atom. The van der Waals surface area contributed by atoms with Crippen LogP contribution in [0.3, 0.4) is 0 Å². The minimum absolute atomic E-state index is 0.564. The van der Waals surface area contributed by atoms with Crippen LogP contribution in [-0.2, 0) is 5.88 Å². The summed E-state index contributed by atoms with van der Waals surface area (Å²) in [4.78, 5) is 4.80. The third kappa shape index (κ3) is 3.19. The smallest absolute Gasteiger partial charge is 0.0511 e. The van der Waals surface area contributed by atoms with Crippen molar-refractivity contribution < 1.29 is 0 Å². The molecule has 1 saturated heterocycles. The Morgan fingerprint density at radius 3 is 2.89 bits per heavy atom. The van der Waals surface area contributed by atoms with Crippen LogP contribution in [-0.4, -0.2) is 38.1 Å². The highest BCUT2D eigenvalue weighted by atomic mass is 79.9. The molecule has 1 fully saturated rings. The van der Waals surface area contributed by atoms with Crippen molar-refractivity contribution in [1.82, 2.24) is 4.90 Å². The Morgan fingerprint density at radius 2 is 2.28 bits per heavy atom. The fourth-order valence-electron chi connectivity index (χ4n) is 2.57. The number of benzene rings is 1. The van der Waals surface area contributed by atoms with Gasteiger partial charge in [0.15, 0.2) is 0 Å². The van der Waals surface area contributed by atoms with Gasteiger partial charge in [-0.05, 0) is 60.1 Å². The largest absolute Gasteiger partial charge is 0.369 e. The van der Waals surface area contributed by atoms with E-state index in [1.165, 1.54) is 25.1 Å². The van der Waals surface area contributed by atoms with Crippen molar-refractivity contribution in [3.05, 3.63) is 28.2 Å². The quantitative estimate of drug-likeness (QED) is 0.779. The zero-order valence-electron chi connectivity index (χ0n) is 11.0. The number of halogens is 2. The molecule has 100 valence electrons. The van der Waals surface area contributed by atoms with Crippen molar-refractivity contribution in [2.75, 3.05) is 32.1 Å². The number of nitrogens with zero attached hydrogens (tertiary/aromatic N) is 2. The number of piperidine rings is 1. The second-order valence-electron chi connectivity index (χ2n) is 5.09. The summed E-state index contributed by atoms with van der Waals surface area (Å²) in [6.45, 7) is 2.36. The monoisotopic (exact) mass is 330 g/mol. The van der Waals surface area contributed by atoms with Crippen molar-refractivity contribution in [1.29, 1.82) is 0 Å². The lowest BCUT2D eigenvalue weighted by molar-refractivity contribution is 0.248. The Balaban J connectivity index is 2.15. The number of likely N-dealkylation sites (N-methyl/N-ethyl adjacent to an activating group) is 2. The highest BCUT2D eigenvalue weighted by molar-refractivity contribution is 9.10. The van der Waals surface area contributed by atoms with E-state index >= 15 is 0 Å². The lowest BCUT2D eigenvalue weighted by Crippen LogP contribution is -2.45. The van der Waals surface area contributed by atoms with Crippen LogP contribution < -0.4 is 4.90 Å². The van der Waals surface area contributed by atoms with E-state index in [1.807, 2.05) is 0 Å².